The van der Waals surface area contributed by atoms with Gasteiger partial charge in [-0.1, -0.05) is 30.3 Å². The summed E-state index contributed by atoms with van der Waals surface area (Å²) in [6.07, 6.45) is 0. The predicted molar refractivity (Wildman–Crippen MR) is 48.6 cm³/mol. The van der Waals surface area contributed by atoms with Crippen LogP contribution in [0.4, 0.5) is 0 Å². The second-order valence-corrected chi connectivity index (χ2v) is 2.82. The first-order valence-electron chi connectivity index (χ1n) is 4.04. The molecular weight excluding hydrogens is 166 g/mol. The second-order valence-electron chi connectivity index (χ2n) is 2.82. The Balaban J connectivity index is 2.07. The van der Waals surface area contributed by atoms with Crippen molar-refractivity contribution in [2.24, 2.45) is 4.99 Å². The van der Waals surface area contributed by atoms with Gasteiger partial charge in [0.05, 0.1) is 7.11 Å². The highest BCUT2D eigenvalue weighted by molar-refractivity contribution is 6.44. The number of carbonyl (C=O) groups excluding carboxylic acids is 1. The van der Waals surface area contributed by atoms with Gasteiger partial charge in [0.2, 0.25) is 0 Å². The van der Waals surface area contributed by atoms with Crippen molar-refractivity contribution >= 4 is 11.7 Å². The lowest BCUT2D eigenvalue weighted by molar-refractivity contribution is -0.132. The van der Waals surface area contributed by atoms with E-state index in [2.05, 4.69) is 9.73 Å². The molecule has 0 saturated heterocycles. The molecule has 0 bridgehead atoms. The fourth-order valence-corrected chi connectivity index (χ4v) is 1.24. The lowest BCUT2D eigenvalue weighted by Crippen LogP contribution is -2.08. The molecule has 0 radical (unpaired) electrons. The molecule has 1 aromatic rings. The van der Waals surface area contributed by atoms with Crippen LogP contribution in [0.5, 0.6) is 0 Å². The van der Waals surface area contributed by atoms with Crippen LogP contribution in [0.3, 0.4) is 0 Å². The van der Waals surface area contributed by atoms with E-state index in [4.69, 9.17) is 0 Å². The molecule has 1 heterocycles. The maximum absolute atomic E-state index is 11.0. The molecule has 1 atom stereocenters. The summed E-state index contributed by atoms with van der Waals surface area (Å²) >= 11 is 0. The van der Waals surface area contributed by atoms with Crippen molar-refractivity contribution in [2.45, 2.75) is 6.04 Å². The van der Waals surface area contributed by atoms with Crippen LogP contribution in [-0.2, 0) is 9.53 Å². The van der Waals surface area contributed by atoms with E-state index in [1.54, 1.807) is 0 Å². The summed E-state index contributed by atoms with van der Waals surface area (Å²) in [5.41, 5.74) is 1.57. The molecule has 3 nitrogen and oxygen atoms in total. The van der Waals surface area contributed by atoms with Crippen molar-refractivity contribution in [1.29, 1.82) is 0 Å². The third kappa shape index (κ3) is 1.45. The second kappa shape index (κ2) is 3.01. The number of methoxy groups -OCH3 is 1. The van der Waals surface area contributed by atoms with Gasteiger partial charge in [-0.2, -0.15) is 0 Å². The van der Waals surface area contributed by atoms with Crippen LogP contribution < -0.4 is 0 Å². The van der Waals surface area contributed by atoms with Crippen LogP contribution in [-0.4, -0.2) is 18.8 Å². The number of hydrogen-bond acceptors (Lipinski definition) is 3. The molecule has 2 rings (SSSR count). The smallest absolute Gasteiger partial charge is 0.354 e. The Bertz CT molecular complexity index is 356. The molecule has 0 aromatic heterocycles. The minimum atomic E-state index is -0.325. The third-order valence-electron chi connectivity index (χ3n) is 1.97. The maximum Gasteiger partial charge on any atom is 0.354 e. The Labute approximate surface area is 76.1 Å². The Hall–Kier alpha value is -1.64. The minimum Gasteiger partial charge on any atom is -0.464 e. The minimum absolute atomic E-state index is 0.0614. The highest BCUT2D eigenvalue weighted by atomic mass is 16.5. The number of rotatable bonds is 2. The molecule has 0 N–H and O–H groups in total. The van der Waals surface area contributed by atoms with Gasteiger partial charge in [0.25, 0.3) is 0 Å². The molecule has 0 saturated carbocycles. The number of esters is 1. The summed E-state index contributed by atoms with van der Waals surface area (Å²) in [5.74, 6) is -0.325. The highest BCUT2D eigenvalue weighted by Crippen LogP contribution is 2.31. The van der Waals surface area contributed by atoms with Gasteiger partial charge in [-0.05, 0) is 5.56 Å². The fraction of sp³-hybridized carbons (Fsp3) is 0.200. The van der Waals surface area contributed by atoms with E-state index >= 15 is 0 Å². The molecule has 1 aromatic carbocycles. The van der Waals surface area contributed by atoms with Crippen molar-refractivity contribution in [1.82, 2.24) is 0 Å². The number of benzene rings is 1. The summed E-state index contributed by atoms with van der Waals surface area (Å²) in [6.45, 7) is 0. The van der Waals surface area contributed by atoms with Gasteiger partial charge >= 0.3 is 5.97 Å². The van der Waals surface area contributed by atoms with Crippen LogP contribution in [0.15, 0.2) is 35.3 Å². The van der Waals surface area contributed by atoms with E-state index in [1.165, 1.54) is 7.11 Å². The number of aliphatic imine (C=N–C) groups is 1. The molecule has 13 heavy (non-hydrogen) atoms. The topological polar surface area (TPSA) is 38.7 Å². The summed E-state index contributed by atoms with van der Waals surface area (Å²) in [6, 6.07) is 9.63. The average Bonchev–Trinajstić information content (AvgIpc) is 2.98. The molecule has 66 valence electrons. The highest BCUT2D eigenvalue weighted by Gasteiger charge is 2.35. The van der Waals surface area contributed by atoms with Gasteiger partial charge in [0.1, 0.15) is 6.04 Å². The normalized spacial score (nSPS) is 19.2. The SMILES string of the molecule is COC(=O)C1=NC1c1ccccc1. The maximum atomic E-state index is 11.0. The lowest BCUT2D eigenvalue weighted by atomic mass is 10.1. The molecule has 1 aliphatic heterocycles. The lowest BCUT2D eigenvalue weighted by Gasteiger charge is -1.95. The molecule has 0 aliphatic carbocycles. The van der Waals surface area contributed by atoms with Crippen molar-refractivity contribution < 1.29 is 9.53 Å². The molecule has 3 heteroatoms. The summed E-state index contributed by atoms with van der Waals surface area (Å²) in [5, 5.41) is 0. The zero-order chi connectivity index (χ0) is 9.26. The number of carbonyl (C=O) groups is 1. The van der Waals surface area contributed by atoms with Gasteiger partial charge in [-0.3, -0.25) is 4.99 Å². The summed E-state index contributed by atoms with van der Waals surface area (Å²) in [7, 11) is 1.37. The molecule has 0 fully saturated rings. The predicted octanol–water partition coefficient (Wildman–Crippen LogP) is 1.36. The van der Waals surface area contributed by atoms with Crippen LogP contribution in [0.1, 0.15) is 11.6 Å². The van der Waals surface area contributed by atoms with Crippen molar-refractivity contribution in [3.05, 3.63) is 35.9 Å². The molecule has 1 aliphatic rings. The third-order valence-corrected chi connectivity index (χ3v) is 1.97. The van der Waals surface area contributed by atoms with Gasteiger partial charge in [0, 0.05) is 0 Å². The summed E-state index contributed by atoms with van der Waals surface area (Å²) < 4.78 is 4.56. The van der Waals surface area contributed by atoms with Crippen molar-refractivity contribution in [3.8, 4) is 0 Å². The Morgan fingerprint density at radius 3 is 2.69 bits per heavy atom. The van der Waals surface area contributed by atoms with Gasteiger partial charge in [-0.25, -0.2) is 4.79 Å². The first-order chi connectivity index (χ1) is 6.33. The molecule has 0 spiro atoms. The quantitative estimate of drug-likeness (QED) is 0.636. The Morgan fingerprint density at radius 1 is 1.38 bits per heavy atom. The summed E-state index contributed by atoms with van der Waals surface area (Å²) in [4.78, 5) is 15.0. The fourth-order valence-electron chi connectivity index (χ4n) is 1.24. The molecule has 1 unspecified atom stereocenters. The zero-order valence-electron chi connectivity index (χ0n) is 7.23. The van der Waals surface area contributed by atoms with Crippen molar-refractivity contribution in [2.75, 3.05) is 7.11 Å². The van der Waals surface area contributed by atoms with E-state index in [-0.39, 0.29) is 12.0 Å². The van der Waals surface area contributed by atoms with Crippen LogP contribution in [0.2, 0.25) is 0 Å². The van der Waals surface area contributed by atoms with E-state index in [0.717, 1.165) is 5.56 Å². The first-order valence-corrected chi connectivity index (χ1v) is 4.04. The average molecular weight is 175 g/mol. The monoisotopic (exact) mass is 175 g/mol. The van der Waals surface area contributed by atoms with Crippen LogP contribution in [0, 0.1) is 0 Å². The standard InChI is InChI=1S/C10H9NO2/c1-13-10(12)9-8(11-9)7-5-3-2-4-6-7/h2-6,8H,1H3. The van der Waals surface area contributed by atoms with Gasteiger partial charge < -0.3 is 4.74 Å². The van der Waals surface area contributed by atoms with E-state index < -0.39 is 0 Å². The first kappa shape index (κ1) is 7.98. The number of nitrogens with zero attached hydrogens (tertiary/aromatic N) is 1. The van der Waals surface area contributed by atoms with Crippen LogP contribution in [0.25, 0.3) is 0 Å². The number of ether oxygens (including phenoxy) is 1. The van der Waals surface area contributed by atoms with E-state index in [9.17, 15) is 4.79 Å². The Kier molecular flexibility index (Phi) is 1.85. The largest absolute Gasteiger partial charge is 0.464 e. The van der Waals surface area contributed by atoms with E-state index in [0.29, 0.717) is 5.71 Å². The molecular formula is C10H9NO2. The molecule has 0 amide bonds. The Morgan fingerprint density at radius 2 is 2.08 bits per heavy atom. The van der Waals surface area contributed by atoms with E-state index in [1.807, 2.05) is 30.3 Å². The van der Waals surface area contributed by atoms with Crippen LogP contribution >= 0.6 is 0 Å². The number of hydrogen-bond donors (Lipinski definition) is 0. The van der Waals surface area contributed by atoms with Gasteiger partial charge in [-0.15, -0.1) is 0 Å². The van der Waals surface area contributed by atoms with Crippen molar-refractivity contribution in [3.63, 3.8) is 0 Å². The van der Waals surface area contributed by atoms with Gasteiger partial charge in [0.15, 0.2) is 5.71 Å². The zero-order valence-corrected chi connectivity index (χ0v) is 7.23.